The topological polar surface area (TPSA) is 105 Å². The van der Waals surface area contributed by atoms with Crippen LogP contribution in [0.2, 0.25) is 10.0 Å². The molecule has 0 saturated carbocycles. The van der Waals surface area contributed by atoms with Crippen LogP contribution in [0.4, 0.5) is 0 Å². The lowest BCUT2D eigenvalue weighted by Gasteiger charge is -2.32. The van der Waals surface area contributed by atoms with Gasteiger partial charge in [-0.1, -0.05) is 55.2 Å². The number of aliphatic imine (C=N–C) groups is 1. The third-order valence-electron chi connectivity index (χ3n) is 6.01. The minimum absolute atomic E-state index is 0.00835. The number of para-hydroxylation sites is 1. The predicted octanol–water partition coefficient (Wildman–Crippen LogP) is 5.20. The van der Waals surface area contributed by atoms with Crippen LogP contribution in [0, 0.1) is 5.92 Å². The van der Waals surface area contributed by atoms with Crippen molar-refractivity contribution < 1.29 is 19.4 Å². The summed E-state index contributed by atoms with van der Waals surface area (Å²) in [7, 11) is 1.62. The van der Waals surface area contributed by atoms with Gasteiger partial charge in [-0.25, -0.2) is 0 Å². The molecule has 2 atom stereocenters. The number of aliphatic carboxylic acids is 1. The Kier molecular flexibility index (Phi) is 8.23. The van der Waals surface area contributed by atoms with Crippen LogP contribution in [0.15, 0.2) is 41.5 Å². The Hall–Kier alpha value is -3.03. The van der Waals surface area contributed by atoms with Crippen LogP contribution in [0.1, 0.15) is 53.2 Å². The number of allylic oxidation sites excluding steroid dienone is 1. The third-order valence-corrected chi connectivity index (χ3v) is 6.61. The second-order valence-corrected chi connectivity index (χ2v) is 8.89. The van der Waals surface area contributed by atoms with Crippen molar-refractivity contribution in [2.75, 3.05) is 13.8 Å². The number of carboxylic acid groups (broad SMARTS) is 1. The van der Waals surface area contributed by atoms with Crippen molar-refractivity contribution in [1.82, 2.24) is 4.90 Å². The fraction of sp³-hybridized carbons (Fsp3) is 0.320. The lowest BCUT2D eigenvalue weighted by molar-refractivity contribution is -0.141. The molecule has 0 radical (unpaired) electrons. The first-order chi connectivity index (χ1) is 16.2. The van der Waals surface area contributed by atoms with Crippen LogP contribution < -0.4 is 10.5 Å². The molecule has 7 nitrogen and oxygen atoms in total. The van der Waals surface area contributed by atoms with Gasteiger partial charge in [0.1, 0.15) is 5.75 Å². The molecular weight excluding hydrogens is 477 g/mol. The predicted molar refractivity (Wildman–Crippen MR) is 135 cm³/mol. The second-order valence-electron chi connectivity index (χ2n) is 8.08. The SMILES string of the molecule is CC[C@@H](c1cccc2c1OCN(C(=O)c1c(Cl)cc(C(C=NC)=CN)cc1Cl)C2)[C@H](C)C(=O)O. The highest BCUT2D eigenvalue weighted by Gasteiger charge is 2.31. The van der Waals surface area contributed by atoms with E-state index in [-0.39, 0.29) is 40.7 Å². The van der Waals surface area contributed by atoms with Gasteiger partial charge in [-0.2, -0.15) is 0 Å². The van der Waals surface area contributed by atoms with Gasteiger partial charge in [0, 0.05) is 36.5 Å². The normalized spacial score (nSPS) is 15.6. The summed E-state index contributed by atoms with van der Waals surface area (Å²) in [6, 6.07) is 8.85. The summed E-state index contributed by atoms with van der Waals surface area (Å²) in [6.07, 6.45) is 3.61. The van der Waals surface area contributed by atoms with E-state index in [1.807, 2.05) is 25.1 Å². The van der Waals surface area contributed by atoms with E-state index < -0.39 is 11.9 Å². The fourth-order valence-electron chi connectivity index (χ4n) is 4.19. The number of ether oxygens (including phenoxy) is 1. The number of carbonyl (C=O) groups excluding carboxylic acids is 1. The number of fused-ring (bicyclic) bond motifs is 1. The number of halogens is 2. The van der Waals surface area contributed by atoms with Gasteiger partial charge in [0.15, 0.2) is 6.73 Å². The Morgan fingerprint density at radius 3 is 2.53 bits per heavy atom. The summed E-state index contributed by atoms with van der Waals surface area (Å²) in [5.74, 6) is -1.37. The molecule has 2 aromatic rings. The lowest BCUT2D eigenvalue weighted by atomic mass is 9.83. The molecule has 0 saturated heterocycles. The Balaban J connectivity index is 1.91. The molecule has 3 rings (SSSR count). The first-order valence-corrected chi connectivity index (χ1v) is 11.6. The first kappa shape index (κ1) is 25.6. The number of benzene rings is 2. The van der Waals surface area contributed by atoms with E-state index in [4.69, 9.17) is 33.7 Å². The maximum atomic E-state index is 13.3. The first-order valence-electron chi connectivity index (χ1n) is 10.8. The summed E-state index contributed by atoms with van der Waals surface area (Å²) in [5.41, 5.74) is 8.73. The van der Waals surface area contributed by atoms with Gasteiger partial charge in [0.05, 0.1) is 28.1 Å². The zero-order valence-corrected chi connectivity index (χ0v) is 20.7. The molecule has 0 aliphatic carbocycles. The number of carbonyl (C=O) groups is 2. The molecule has 2 aromatic carbocycles. The molecule has 3 N–H and O–H groups in total. The minimum Gasteiger partial charge on any atom is -0.481 e. The van der Waals surface area contributed by atoms with Crippen molar-refractivity contribution in [1.29, 1.82) is 0 Å². The number of rotatable bonds is 7. The fourth-order valence-corrected chi connectivity index (χ4v) is 4.84. The molecule has 9 heteroatoms. The molecule has 1 aliphatic heterocycles. The van der Waals surface area contributed by atoms with Gasteiger partial charge in [-0.3, -0.25) is 14.6 Å². The summed E-state index contributed by atoms with van der Waals surface area (Å²) in [4.78, 5) is 30.4. The summed E-state index contributed by atoms with van der Waals surface area (Å²) in [6.45, 7) is 3.92. The molecule has 180 valence electrons. The molecule has 34 heavy (non-hydrogen) atoms. The van der Waals surface area contributed by atoms with Gasteiger partial charge in [-0.05, 0) is 29.7 Å². The molecule has 0 unspecified atom stereocenters. The highest BCUT2D eigenvalue weighted by molar-refractivity contribution is 6.40. The summed E-state index contributed by atoms with van der Waals surface area (Å²) < 4.78 is 6.00. The number of hydrogen-bond acceptors (Lipinski definition) is 5. The molecular formula is C25H27Cl2N3O4. The van der Waals surface area contributed by atoms with Crippen LogP contribution >= 0.6 is 23.2 Å². The largest absolute Gasteiger partial charge is 0.481 e. The molecule has 0 fully saturated rings. The van der Waals surface area contributed by atoms with E-state index in [9.17, 15) is 14.7 Å². The van der Waals surface area contributed by atoms with Crippen LogP contribution in [0.3, 0.4) is 0 Å². The minimum atomic E-state index is -0.859. The van der Waals surface area contributed by atoms with E-state index in [1.54, 1.807) is 32.3 Å². The van der Waals surface area contributed by atoms with Crippen molar-refractivity contribution in [3.63, 3.8) is 0 Å². The highest BCUT2D eigenvalue weighted by Crippen LogP contribution is 2.40. The van der Waals surface area contributed by atoms with Gasteiger partial charge >= 0.3 is 5.97 Å². The van der Waals surface area contributed by atoms with Crippen LogP contribution in [0.25, 0.3) is 5.57 Å². The Morgan fingerprint density at radius 1 is 1.29 bits per heavy atom. The smallest absolute Gasteiger partial charge is 0.306 e. The van der Waals surface area contributed by atoms with Crippen molar-refractivity contribution >= 4 is 46.9 Å². The van der Waals surface area contributed by atoms with Gasteiger partial charge < -0.3 is 20.5 Å². The number of carboxylic acids is 1. The summed E-state index contributed by atoms with van der Waals surface area (Å²) in [5, 5.41) is 9.89. The molecule has 1 aliphatic rings. The van der Waals surface area contributed by atoms with Gasteiger partial charge in [0.2, 0.25) is 0 Å². The number of nitrogens with two attached hydrogens (primary N) is 1. The standard InChI is InChI=1S/C25H27Cl2N3O4/c1-4-18(14(2)25(32)33)19-7-5-6-15-12-30(13-34-23(15)19)24(31)22-20(26)8-16(9-21(22)27)17(10-28)11-29-3/h5-11,14,18H,4,12-13,28H2,1-3H3,(H,32,33)/t14-,18+/m0/s1. The van der Waals surface area contributed by atoms with Gasteiger partial charge in [0.25, 0.3) is 5.91 Å². The molecule has 1 heterocycles. The number of hydrogen-bond donors (Lipinski definition) is 2. The Morgan fingerprint density at radius 2 is 1.97 bits per heavy atom. The Labute approximate surface area is 208 Å². The zero-order chi connectivity index (χ0) is 25.0. The third kappa shape index (κ3) is 5.05. The van der Waals surface area contributed by atoms with E-state index in [2.05, 4.69) is 4.99 Å². The summed E-state index contributed by atoms with van der Waals surface area (Å²) >= 11 is 12.9. The van der Waals surface area contributed by atoms with Crippen LogP contribution in [0.5, 0.6) is 5.75 Å². The lowest BCUT2D eigenvalue weighted by Crippen LogP contribution is -2.38. The van der Waals surface area contributed by atoms with E-state index >= 15 is 0 Å². The van der Waals surface area contributed by atoms with E-state index in [1.165, 1.54) is 11.1 Å². The van der Waals surface area contributed by atoms with Crippen molar-refractivity contribution in [3.8, 4) is 5.75 Å². The Bertz CT molecular complexity index is 1140. The highest BCUT2D eigenvalue weighted by atomic mass is 35.5. The van der Waals surface area contributed by atoms with Gasteiger partial charge in [-0.15, -0.1) is 0 Å². The average Bonchev–Trinajstić information content (AvgIpc) is 2.81. The number of nitrogens with zero attached hydrogens (tertiary/aromatic N) is 2. The molecule has 0 spiro atoms. The zero-order valence-electron chi connectivity index (χ0n) is 19.2. The molecule has 1 amide bonds. The second kappa shape index (κ2) is 10.9. The average molecular weight is 504 g/mol. The van der Waals surface area contributed by atoms with Crippen molar-refractivity contribution in [2.45, 2.75) is 32.7 Å². The van der Waals surface area contributed by atoms with E-state index in [0.29, 0.717) is 23.3 Å². The van der Waals surface area contributed by atoms with Crippen molar-refractivity contribution in [2.24, 2.45) is 16.6 Å². The maximum absolute atomic E-state index is 13.3. The van der Waals surface area contributed by atoms with Crippen molar-refractivity contribution in [3.05, 3.63) is 68.8 Å². The number of amides is 1. The molecule has 0 aromatic heterocycles. The molecule has 0 bridgehead atoms. The van der Waals surface area contributed by atoms with Crippen LogP contribution in [-0.4, -0.2) is 41.9 Å². The van der Waals surface area contributed by atoms with Crippen LogP contribution in [-0.2, 0) is 11.3 Å². The quantitative estimate of drug-likeness (QED) is 0.505. The maximum Gasteiger partial charge on any atom is 0.306 e. The monoisotopic (exact) mass is 503 g/mol. The van der Waals surface area contributed by atoms with E-state index in [0.717, 1.165) is 11.1 Å².